The van der Waals surface area contributed by atoms with Gasteiger partial charge in [-0.05, 0) is 24.3 Å². The number of anilines is 1. The molecular weight excluding hydrogens is 346 g/mol. The van der Waals surface area contributed by atoms with E-state index in [-0.39, 0.29) is 24.1 Å². The van der Waals surface area contributed by atoms with Crippen molar-refractivity contribution in [2.24, 2.45) is 0 Å². The van der Waals surface area contributed by atoms with Crippen LogP contribution < -0.4 is 15.4 Å². The van der Waals surface area contributed by atoms with Crippen molar-refractivity contribution in [1.82, 2.24) is 10.2 Å². The summed E-state index contributed by atoms with van der Waals surface area (Å²) in [6.45, 7) is 0.724. The Morgan fingerprint density at radius 2 is 1.96 bits per heavy atom. The molecule has 2 aromatic rings. The quantitative estimate of drug-likeness (QED) is 0.841. The Balaban J connectivity index is 1.72. The molecule has 0 radical (unpaired) electrons. The summed E-state index contributed by atoms with van der Waals surface area (Å²) in [6, 6.07) is 14.8. The monoisotopic (exact) mass is 367 g/mol. The molecule has 7 nitrogen and oxygen atoms in total. The first kappa shape index (κ1) is 18.4. The molecule has 1 aliphatic heterocycles. The lowest BCUT2D eigenvalue weighted by molar-refractivity contribution is -0.131. The highest BCUT2D eigenvalue weighted by atomic mass is 16.5. The van der Waals surface area contributed by atoms with E-state index >= 15 is 0 Å². The number of hydrogen-bond donors (Lipinski definition) is 2. The molecule has 1 saturated heterocycles. The van der Waals surface area contributed by atoms with Gasteiger partial charge in [0, 0.05) is 30.4 Å². The van der Waals surface area contributed by atoms with Crippen LogP contribution in [-0.4, -0.2) is 48.9 Å². The van der Waals surface area contributed by atoms with Crippen molar-refractivity contribution in [3.63, 3.8) is 0 Å². The molecular formula is C20H21N3O4. The molecule has 1 unspecified atom stereocenters. The van der Waals surface area contributed by atoms with E-state index in [0.29, 0.717) is 30.1 Å². The number of carbonyl (C=O) groups excluding carboxylic acids is 3. The van der Waals surface area contributed by atoms with E-state index in [0.717, 1.165) is 0 Å². The maximum absolute atomic E-state index is 12.8. The molecule has 3 rings (SSSR count). The minimum atomic E-state index is -0.850. The van der Waals surface area contributed by atoms with Crippen LogP contribution in [0.25, 0.3) is 0 Å². The predicted octanol–water partition coefficient (Wildman–Crippen LogP) is 1.66. The number of amides is 3. The van der Waals surface area contributed by atoms with Crippen LogP contribution in [0.3, 0.4) is 0 Å². The zero-order chi connectivity index (χ0) is 19.2. The van der Waals surface area contributed by atoms with Crippen molar-refractivity contribution in [2.75, 3.05) is 25.5 Å². The molecule has 1 atom stereocenters. The fourth-order valence-electron chi connectivity index (χ4n) is 3.00. The van der Waals surface area contributed by atoms with Gasteiger partial charge >= 0.3 is 0 Å². The molecule has 1 aliphatic rings. The van der Waals surface area contributed by atoms with Gasteiger partial charge in [-0.1, -0.05) is 24.3 Å². The van der Waals surface area contributed by atoms with Gasteiger partial charge in [-0.15, -0.1) is 0 Å². The Labute approximate surface area is 157 Å². The normalized spacial score (nSPS) is 16.4. The van der Waals surface area contributed by atoms with E-state index in [9.17, 15) is 14.4 Å². The molecule has 0 spiro atoms. The van der Waals surface area contributed by atoms with Crippen molar-refractivity contribution in [3.8, 4) is 5.75 Å². The van der Waals surface area contributed by atoms with Crippen molar-refractivity contribution in [3.05, 3.63) is 60.2 Å². The van der Waals surface area contributed by atoms with Crippen LogP contribution in [0.5, 0.6) is 5.75 Å². The fourth-order valence-corrected chi connectivity index (χ4v) is 3.00. The third-order valence-corrected chi connectivity index (χ3v) is 4.34. The number of nitrogens with one attached hydrogen (secondary N) is 2. The molecule has 1 heterocycles. The average molecular weight is 367 g/mol. The molecule has 3 amide bonds. The maximum atomic E-state index is 12.8. The molecule has 0 saturated carbocycles. The third kappa shape index (κ3) is 4.44. The minimum Gasteiger partial charge on any atom is -0.497 e. The highest BCUT2D eigenvalue weighted by Gasteiger charge is 2.35. The number of carbonyl (C=O) groups is 3. The van der Waals surface area contributed by atoms with Gasteiger partial charge in [0.1, 0.15) is 11.8 Å². The molecule has 7 heteroatoms. The first-order valence-corrected chi connectivity index (χ1v) is 8.66. The zero-order valence-corrected chi connectivity index (χ0v) is 15.0. The minimum absolute atomic E-state index is 0.123. The number of hydrogen-bond acceptors (Lipinski definition) is 4. The van der Waals surface area contributed by atoms with E-state index in [4.69, 9.17) is 4.74 Å². The zero-order valence-electron chi connectivity index (χ0n) is 15.0. The van der Waals surface area contributed by atoms with Gasteiger partial charge in [0.05, 0.1) is 13.5 Å². The molecule has 2 N–H and O–H groups in total. The van der Waals surface area contributed by atoms with Crippen molar-refractivity contribution < 1.29 is 19.1 Å². The second kappa shape index (κ2) is 8.35. The van der Waals surface area contributed by atoms with E-state index in [1.54, 1.807) is 55.6 Å². The van der Waals surface area contributed by atoms with Crippen LogP contribution >= 0.6 is 0 Å². The van der Waals surface area contributed by atoms with Crippen LogP contribution in [0.2, 0.25) is 0 Å². The Morgan fingerprint density at radius 1 is 1.19 bits per heavy atom. The van der Waals surface area contributed by atoms with Crippen LogP contribution in [0.1, 0.15) is 16.8 Å². The largest absolute Gasteiger partial charge is 0.497 e. The molecule has 2 aromatic carbocycles. The maximum Gasteiger partial charge on any atom is 0.254 e. The summed E-state index contributed by atoms with van der Waals surface area (Å²) in [6.07, 6.45) is -0.123. The number of benzene rings is 2. The van der Waals surface area contributed by atoms with E-state index in [2.05, 4.69) is 10.6 Å². The summed E-state index contributed by atoms with van der Waals surface area (Å²) in [7, 11) is 1.54. The lowest BCUT2D eigenvalue weighted by atomic mass is 10.1. The first-order valence-electron chi connectivity index (χ1n) is 8.66. The van der Waals surface area contributed by atoms with Crippen LogP contribution in [-0.2, 0) is 9.59 Å². The smallest absolute Gasteiger partial charge is 0.254 e. The van der Waals surface area contributed by atoms with Gasteiger partial charge in [-0.3, -0.25) is 14.4 Å². The average Bonchev–Trinajstić information content (AvgIpc) is 2.69. The van der Waals surface area contributed by atoms with E-state index in [1.807, 2.05) is 6.07 Å². The van der Waals surface area contributed by atoms with E-state index < -0.39 is 6.04 Å². The summed E-state index contributed by atoms with van der Waals surface area (Å²) in [5, 5.41) is 5.47. The second-order valence-corrected chi connectivity index (χ2v) is 6.16. The SMILES string of the molecule is COc1cccc(NC(=O)CC2C(=O)NCCN2C(=O)c2ccccc2)c1. The van der Waals surface area contributed by atoms with Crippen molar-refractivity contribution in [2.45, 2.75) is 12.5 Å². The molecule has 27 heavy (non-hydrogen) atoms. The first-order chi connectivity index (χ1) is 13.1. The fraction of sp³-hybridized carbons (Fsp3) is 0.250. The number of ether oxygens (including phenoxy) is 1. The highest BCUT2D eigenvalue weighted by Crippen LogP contribution is 2.18. The molecule has 0 aliphatic carbocycles. The number of piperazine rings is 1. The summed E-state index contributed by atoms with van der Waals surface area (Å²) >= 11 is 0. The number of methoxy groups -OCH3 is 1. The van der Waals surface area contributed by atoms with Crippen molar-refractivity contribution in [1.29, 1.82) is 0 Å². The van der Waals surface area contributed by atoms with Crippen LogP contribution in [0.4, 0.5) is 5.69 Å². The summed E-state index contributed by atoms with van der Waals surface area (Å²) in [5.74, 6) is -0.323. The Bertz CT molecular complexity index is 838. The summed E-state index contributed by atoms with van der Waals surface area (Å²) < 4.78 is 5.13. The molecule has 140 valence electrons. The van der Waals surface area contributed by atoms with Gasteiger partial charge in [-0.25, -0.2) is 0 Å². The summed E-state index contributed by atoms with van der Waals surface area (Å²) in [4.78, 5) is 39.0. The standard InChI is InChI=1S/C20H21N3O4/c1-27-16-9-5-8-15(12-16)22-18(24)13-17-19(25)21-10-11-23(17)20(26)14-6-3-2-4-7-14/h2-9,12,17H,10-11,13H2,1H3,(H,21,25)(H,22,24). The Hall–Kier alpha value is -3.35. The lowest BCUT2D eigenvalue weighted by Gasteiger charge is -2.34. The summed E-state index contributed by atoms with van der Waals surface area (Å²) in [5.41, 5.74) is 1.06. The topological polar surface area (TPSA) is 87.7 Å². The van der Waals surface area contributed by atoms with Gasteiger partial charge in [0.15, 0.2) is 0 Å². The second-order valence-electron chi connectivity index (χ2n) is 6.16. The highest BCUT2D eigenvalue weighted by molar-refractivity contribution is 6.01. The van der Waals surface area contributed by atoms with Gasteiger partial charge in [0.25, 0.3) is 5.91 Å². The van der Waals surface area contributed by atoms with Crippen LogP contribution in [0, 0.1) is 0 Å². The molecule has 0 aromatic heterocycles. The van der Waals surface area contributed by atoms with Gasteiger partial charge < -0.3 is 20.3 Å². The number of nitrogens with zero attached hydrogens (tertiary/aromatic N) is 1. The Kier molecular flexibility index (Phi) is 5.71. The van der Waals surface area contributed by atoms with Gasteiger partial charge in [-0.2, -0.15) is 0 Å². The lowest BCUT2D eigenvalue weighted by Crippen LogP contribution is -2.58. The predicted molar refractivity (Wildman–Crippen MR) is 101 cm³/mol. The molecule has 0 bridgehead atoms. The Morgan fingerprint density at radius 3 is 2.70 bits per heavy atom. The third-order valence-electron chi connectivity index (χ3n) is 4.34. The molecule has 1 fully saturated rings. The van der Waals surface area contributed by atoms with Crippen molar-refractivity contribution >= 4 is 23.4 Å². The number of rotatable bonds is 5. The van der Waals surface area contributed by atoms with Crippen LogP contribution in [0.15, 0.2) is 54.6 Å². The van der Waals surface area contributed by atoms with E-state index in [1.165, 1.54) is 4.90 Å². The van der Waals surface area contributed by atoms with Gasteiger partial charge in [0.2, 0.25) is 11.8 Å².